The summed E-state index contributed by atoms with van der Waals surface area (Å²) in [5, 5.41) is 12.6. The predicted octanol–water partition coefficient (Wildman–Crippen LogP) is 4.06. The summed E-state index contributed by atoms with van der Waals surface area (Å²) in [5.74, 6) is -0.919. The Morgan fingerprint density at radius 3 is 2.38 bits per heavy atom. The van der Waals surface area contributed by atoms with Crippen LogP contribution in [0.1, 0.15) is 27.7 Å². The van der Waals surface area contributed by atoms with Crippen LogP contribution in [0.5, 0.6) is 5.75 Å². The Labute approximate surface area is 187 Å². The second kappa shape index (κ2) is 9.76. The van der Waals surface area contributed by atoms with Gasteiger partial charge < -0.3 is 14.5 Å². The Balaban J connectivity index is 1.82. The molecule has 0 aliphatic carbocycles. The van der Waals surface area contributed by atoms with Gasteiger partial charge in [-0.25, -0.2) is 0 Å². The van der Waals surface area contributed by atoms with Gasteiger partial charge in [-0.2, -0.15) is 9.19 Å². The number of carbonyl (C=O) groups excluding carboxylic acids is 1. The van der Waals surface area contributed by atoms with Crippen LogP contribution < -0.4 is 9.64 Å². The van der Waals surface area contributed by atoms with E-state index in [1.54, 1.807) is 17.0 Å². The molecule has 170 valence electrons. The molecule has 0 saturated carbocycles. The molecule has 0 aliphatic rings. The first-order chi connectivity index (χ1) is 15.2. The third-order valence-corrected chi connectivity index (χ3v) is 4.94. The molecule has 0 radical (unpaired) electrons. The molecule has 1 amide bonds. The number of tetrazole rings is 1. The fourth-order valence-corrected chi connectivity index (χ4v) is 3.33. The molecule has 3 aromatic rings. The molecule has 0 aliphatic heterocycles. The number of aromatic nitrogens is 4. The third kappa shape index (κ3) is 5.60. The van der Waals surface area contributed by atoms with Crippen LogP contribution in [0, 0.1) is 0 Å². The van der Waals surface area contributed by atoms with Crippen molar-refractivity contribution in [2.75, 3.05) is 25.0 Å². The zero-order valence-corrected chi connectivity index (χ0v) is 19.1. The van der Waals surface area contributed by atoms with Crippen molar-refractivity contribution >= 4 is 17.3 Å². The van der Waals surface area contributed by atoms with Crippen molar-refractivity contribution in [2.45, 2.75) is 40.1 Å². The topological polar surface area (TPSA) is 76.4 Å². The number of rotatable bonds is 9. The Bertz CT molecular complexity index is 1040. The lowest BCUT2D eigenvalue weighted by Gasteiger charge is -2.23. The number of alkyl halides is 1. The molecular formula is C23H29FN6O2. The molecule has 0 N–H and O–H groups in total. The molecule has 0 fully saturated rings. The third-order valence-electron chi connectivity index (χ3n) is 4.94. The quantitative estimate of drug-likeness (QED) is 0.499. The van der Waals surface area contributed by atoms with Crippen LogP contribution in [-0.4, -0.2) is 57.0 Å². The lowest BCUT2D eigenvalue weighted by Crippen LogP contribution is -2.34. The number of amides is 1. The Hall–Kier alpha value is -3.49. The Morgan fingerprint density at radius 1 is 1.09 bits per heavy atom. The molecule has 0 bridgehead atoms. The first kappa shape index (κ1) is 23.2. The minimum Gasteiger partial charge on any atom is -0.459 e. The lowest BCUT2D eigenvalue weighted by molar-refractivity contribution is -0.131. The second-order valence-electron chi connectivity index (χ2n) is 7.74. The van der Waals surface area contributed by atoms with E-state index < -0.39 is 5.85 Å². The van der Waals surface area contributed by atoms with Crippen molar-refractivity contribution in [3.05, 3.63) is 48.5 Å². The van der Waals surface area contributed by atoms with E-state index in [1.807, 2.05) is 62.2 Å². The standard InChI is InChI=1S/C23H29FN6O2/c1-6-29(7-2)21(31)16-30-26-22(25-27-30)19-10-8-9-11-20(19)28(5)17-12-14-18(15-13-17)32-23(3,4)24/h8-15H,6-7,16H2,1-5H3. The molecule has 32 heavy (non-hydrogen) atoms. The normalized spacial score (nSPS) is 11.3. The van der Waals surface area contributed by atoms with Crippen molar-refractivity contribution in [1.29, 1.82) is 0 Å². The molecule has 0 atom stereocenters. The van der Waals surface area contributed by atoms with E-state index in [0.717, 1.165) is 16.9 Å². The molecule has 1 heterocycles. The van der Waals surface area contributed by atoms with Gasteiger partial charge in [0, 0.05) is 45.2 Å². The first-order valence-electron chi connectivity index (χ1n) is 10.6. The molecular weight excluding hydrogens is 411 g/mol. The van der Waals surface area contributed by atoms with Gasteiger partial charge in [-0.15, -0.1) is 10.2 Å². The highest BCUT2D eigenvalue weighted by molar-refractivity contribution is 5.79. The monoisotopic (exact) mass is 440 g/mol. The van der Waals surface area contributed by atoms with Gasteiger partial charge in [0.05, 0.1) is 5.69 Å². The van der Waals surface area contributed by atoms with Gasteiger partial charge in [0.2, 0.25) is 17.6 Å². The van der Waals surface area contributed by atoms with Gasteiger partial charge in [-0.3, -0.25) is 4.79 Å². The summed E-state index contributed by atoms with van der Waals surface area (Å²) in [6.45, 7) is 7.90. The average molecular weight is 441 g/mol. The van der Waals surface area contributed by atoms with Crippen LogP contribution in [-0.2, 0) is 11.3 Å². The molecule has 2 aromatic carbocycles. The number of anilines is 2. The van der Waals surface area contributed by atoms with E-state index in [2.05, 4.69) is 15.4 Å². The number of halogens is 1. The first-order valence-corrected chi connectivity index (χ1v) is 10.6. The van der Waals surface area contributed by atoms with E-state index in [4.69, 9.17) is 4.74 Å². The van der Waals surface area contributed by atoms with Gasteiger partial charge in [-0.05, 0) is 55.5 Å². The summed E-state index contributed by atoms with van der Waals surface area (Å²) >= 11 is 0. The maximum Gasteiger partial charge on any atom is 0.246 e. The molecule has 8 nitrogen and oxygen atoms in total. The average Bonchev–Trinajstić information content (AvgIpc) is 3.22. The summed E-state index contributed by atoms with van der Waals surface area (Å²) in [6, 6.07) is 14.8. The number of nitrogens with zero attached hydrogens (tertiary/aromatic N) is 6. The number of carbonyl (C=O) groups is 1. The molecule has 0 unspecified atom stereocenters. The number of ether oxygens (including phenoxy) is 1. The van der Waals surface area contributed by atoms with Gasteiger partial charge in [0.25, 0.3) is 0 Å². The number of hydrogen-bond donors (Lipinski definition) is 0. The summed E-state index contributed by atoms with van der Waals surface area (Å²) in [6.07, 6.45) is 0. The van der Waals surface area contributed by atoms with E-state index in [9.17, 15) is 9.18 Å². The number of likely N-dealkylation sites (N-methyl/N-ethyl adjacent to an activating group) is 1. The Morgan fingerprint density at radius 2 is 1.75 bits per heavy atom. The summed E-state index contributed by atoms with van der Waals surface area (Å²) < 4.78 is 19.0. The van der Waals surface area contributed by atoms with Gasteiger partial charge >= 0.3 is 0 Å². The smallest absolute Gasteiger partial charge is 0.246 e. The highest BCUT2D eigenvalue weighted by Gasteiger charge is 2.19. The molecule has 1 aromatic heterocycles. The number of para-hydroxylation sites is 1. The van der Waals surface area contributed by atoms with Gasteiger partial charge in [0.1, 0.15) is 12.3 Å². The minimum absolute atomic E-state index is 0.0407. The van der Waals surface area contributed by atoms with E-state index >= 15 is 0 Å². The Kier molecular flexibility index (Phi) is 7.07. The van der Waals surface area contributed by atoms with E-state index in [1.165, 1.54) is 18.6 Å². The maximum atomic E-state index is 13.7. The van der Waals surface area contributed by atoms with Crippen molar-refractivity contribution in [3.63, 3.8) is 0 Å². The van der Waals surface area contributed by atoms with E-state index in [-0.39, 0.29) is 12.5 Å². The predicted molar refractivity (Wildman–Crippen MR) is 122 cm³/mol. The fourth-order valence-electron chi connectivity index (χ4n) is 3.33. The zero-order valence-electron chi connectivity index (χ0n) is 19.1. The zero-order chi connectivity index (χ0) is 23.3. The molecule has 3 rings (SSSR count). The summed E-state index contributed by atoms with van der Waals surface area (Å²) in [4.78, 5) is 17.4. The highest BCUT2D eigenvalue weighted by atomic mass is 19.2. The molecule has 0 spiro atoms. The lowest BCUT2D eigenvalue weighted by atomic mass is 10.1. The fraction of sp³-hybridized carbons (Fsp3) is 0.391. The van der Waals surface area contributed by atoms with Crippen molar-refractivity contribution < 1.29 is 13.9 Å². The second-order valence-corrected chi connectivity index (χ2v) is 7.74. The molecule has 9 heteroatoms. The molecule has 0 saturated heterocycles. The summed E-state index contributed by atoms with van der Waals surface area (Å²) in [5.41, 5.74) is 2.52. The van der Waals surface area contributed by atoms with Crippen molar-refractivity contribution in [2.24, 2.45) is 0 Å². The maximum absolute atomic E-state index is 13.7. The van der Waals surface area contributed by atoms with Crippen LogP contribution in [0.3, 0.4) is 0 Å². The van der Waals surface area contributed by atoms with Gasteiger partial charge in [0.15, 0.2) is 0 Å². The van der Waals surface area contributed by atoms with Crippen molar-refractivity contribution in [3.8, 4) is 17.1 Å². The van der Waals surface area contributed by atoms with Crippen LogP contribution >= 0.6 is 0 Å². The van der Waals surface area contributed by atoms with Crippen molar-refractivity contribution in [1.82, 2.24) is 25.1 Å². The van der Waals surface area contributed by atoms with Gasteiger partial charge in [-0.1, -0.05) is 12.1 Å². The minimum atomic E-state index is -1.75. The largest absolute Gasteiger partial charge is 0.459 e. The van der Waals surface area contributed by atoms with Crippen LogP contribution in [0.15, 0.2) is 48.5 Å². The van der Waals surface area contributed by atoms with Crippen LogP contribution in [0.25, 0.3) is 11.4 Å². The number of benzene rings is 2. The SMILES string of the molecule is CCN(CC)C(=O)Cn1nnc(-c2ccccc2N(C)c2ccc(OC(C)(C)F)cc2)n1. The highest BCUT2D eigenvalue weighted by Crippen LogP contribution is 2.33. The summed E-state index contributed by atoms with van der Waals surface area (Å²) in [7, 11) is 1.92. The van der Waals surface area contributed by atoms with E-state index in [0.29, 0.717) is 24.7 Å². The van der Waals surface area contributed by atoms with Crippen LogP contribution in [0.4, 0.5) is 15.8 Å². The van der Waals surface area contributed by atoms with Crippen LogP contribution in [0.2, 0.25) is 0 Å². The number of hydrogen-bond acceptors (Lipinski definition) is 6.